The number of aliphatic hydroxyl groups excluding tert-OH is 1. The highest BCUT2D eigenvalue weighted by Crippen LogP contribution is 2.34. The molecule has 0 aromatic heterocycles. The first-order valence-corrected chi connectivity index (χ1v) is 6.49. The zero-order valence-electron chi connectivity index (χ0n) is 11.0. The van der Waals surface area contributed by atoms with Crippen LogP contribution in [-0.4, -0.2) is 49.7 Å². The Morgan fingerprint density at radius 2 is 1.75 bits per heavy atom. The van der Waals surface area contributed by atoms with E-state index < -0.39 is 31.2 Å². The fraction of sp³-hybridized carbons (Fsp3) is 1.00. The minimum atomic E-state index is -5.02. The summed E-state index contributed by atoms with van der Waals surface area (Å²) in [6.45, 7) is 0.643. The van der Waals surface area contributed by atoms with E-state index in [1.807, 2.05) is 0 Å². The van der Waals surface area contributed by atoms with E-state index >= 15 is 0 Å². The topological polar surface area (TPSA) is 38.7 Å². The van der Waals surface area contributed by atoms with E-state index in [1.165, 1.54) is 0 Å². The van der Waals surface area contributed by atoms with Gasteiger partial charge in [0.05, 0.1) is 6.61 Å². The van der Waals surface area contributed by atoms with Gasteiger partial charge in [-0.1, -0.05) is 0 Å². The number of aliphatic hydroxyl groups is 1. The summed E-state index contributed by atoms with van der Waals surface area (Å²) in [6, 6.07) is 0. The van der Waals surface area contributed by atoms with E-state index in [9.17, 15) is 22.0 Å². The maximum atomic E-state index is 13.0. The first kappa shape index (κ1) is 17.6. The van der Waals surface area contributed by atoms with Gasteiger partial charge in [-0.2, -0.15) is 13.2 Å². The molecule has 1 saturated heterocycles. The fourth-order valence-corrected chi connectivity index (χ4v) is 1.99. The molecule has 0 aromatic carbocycles. The summed E-state index contributed by atoms with van der Waals surface area (Å²) in [7, 11) is 0. The van der Waals surface area contributed by atoms with Gasteiger partial charge in [0.2, 0.25) is 0 Å². The molecule has 20 heavy (non-hydrogen) atoms. The molecule has 1 N–H and O–H groups in total. The number of alkyl halides is 5. The van der Waals surface area contributed by atoms with Crippen LogP contribution in [0.1, 0.15) is 25.7 Å². The van der Waals surface area contributed by atoms with E-state index in [4.69, 9.17) is 14.6 Å². The molecule has 1 atom stereocenters. The summed E-state index contributed by atoms with van der Waals surface area (Å²) in [5.41, 5.74) is 0. The normalized spacial score (nSPS) is 20.1. The quantitative estimate of drug-likeness (QED) is 0.580. The Balaban J connectivity index is 2.19. The van der Waals surface area contributed by atoms with Crippen molar-refractivity contribution in [3.63, 3.8) is 0 Å². The summed E-state index contributed by atoms with van der Waals surface area (Å²) in [6.07, 6.45) is -7.47. The van der Waals surface area contributed by atoms with Crippen molar-refractivity contribution in [1.82, 2.24) is 0 Å². The van der Waals surface area contributed by atoms with Gasteiger partial charge in [-0.25, -0.2) is 8.78 Å². The van der Waals surface area contributed by atoms with Crippen molar-refractivity contribution < 1.29 is 36.5 Å². The zero-order chi connectivity index (χ0) is 15.2. The molecular formula is C12H19F5O3. The number of halogens is 5. The lowest BCUT2D eigenvalue weighted by Gasteiger charge is -2.24. The number of hydrogen-bond acceptors (Lipinski definition) is 3. The van der Waals surface area contributed by atoms with E-state index in [0.717, 1.165) is 12.8 Å². The van der Waals surface area contributed by atoms with Crippen LogP contribution in [0.3, 0.4) is 0 Å². The first-order valence-electron chi connectivity index (χ1n) is 6.49. The summed E-state index contributed by atoms with van der Waals surface area (Å²) in [5, 5.41) is 9.08. The van der Waals surface area contributed by atoms with Gasteiger partial charge in [0, 0.05) is 19.8 Å². The number of rotatable bonds is 7. The van der Waals surface area contributed by atoms with Crippen LogP contribution in [0.2, 0.25) is 0 Å². The molecule has 1 unspecified atom stereocenters. The maximum absolute atomic E-state index is 13.0. The summed E-state index contributed by atoms with van der Waals surface area (Å²) < 4.78 is 71.8. The van der Waals surface area contributed by atoms with Crippen molar-refractivity contribution in [2.75, 3.05) is 26.4 Å². The molecule has 1 fully saturated rings. The molecule has 0 bridgehead atoms. The van der Waals surface area contributed by atoms with Crippen molar-refractivity contribution in [2.24, 2.45) is 5.92 Å². The lowest BCUT2D eigenvalue weighted by Crippen LogP contribution is -2.41. The van der Waals surface area contributed by atoms with Crippen LogP contribution < -0.4 is 0 Å². The van der Waals surface area contributed by atoms with Crippen molar-refractivity contribution in [3.8, 4) is 0 Å². The van der Waals surface area contributed by atoms with Gasteiger partial charge in [-0.15, -0.1) is 0 Å². The molecule has 3 nitrogen and oxygen atoms in total. The maximum Gasteiger partial charge on any atom is 0.394 e. The highest BCUT2D eigenvalue weighted by Gasteiger charge is 2.48. The van der Waals surface area contributed by atoms with Crippen LogP contribution >= 0.6 is 0 Å². The average molecular weight is 306 g/mol. The molecule has 0 spiro atoms. The minimum Gasteiger partial charge on any atom is -0.384 e. The predicted octanol–water partition coefficient (Wildman–Crippen LogP) is 2.77. The lowest BCUT2D eigenvalue weighted by atomic mass is 9.97. The van der Waals surface area contributed by atoms with Gasteiger partial charge in [0.25, 0.3) is 5.92 Å². The molecular weight excluding hydrogens is 287 g/mol. The average Bonchev–Trinajstić information content (AvgIpc) is 2.32. The second-order valence-electron chi connectivity index (χ2n) is 4.99. The summed E-state index contributed by atoms with van der Waals surface area (Å²) >= 11 is 0. The van der Waals surface area contributed by atoms with Gasteiger partial charge >= 0.3 is 6.18 Å². The Labute approximate surface area is 114 Å². The van der Waals surface area contributed by atoms with Crippen LogP contribution in [0.15, 0.2) is 0 Å². The van der Waals surface area contributed by atoms with E-state index in [0.29, 0.717) is 25.6 Å². The van der Waals surface area contributed by atoms with Crippen LogP contribution in [0.4, 0.5) is 22.0 Å². The van der Waals surface area contributed by atoms with Gasteiger partial charge in [-0.3, -0.25) is 0 Å². The van der Waals surface area contributed by atoms with Crippen LogP contribution in [0, 0.1) is 5.92 Å². The Morgan fingerprint density at radius 1 is 1.15 bits per heavy atom. The van der Waals surface area contributed by atoms with Gasteiger partial charge in [-0.05, 0) is 25.2 Å². The van der Waals surface area contributed by atoms with Gasteiger partial charge in [0.15, 0.2) is 0 Å². The third-order valence-electron chi connectivity index (χ3n) is 3.21. The Bertz CT molecular complexity index is 277. The van der Waals surface area contributed by atoms with Crippen molar-refractivity contribution in [2.45, 2.75) is 43.9 Å². The van der Waals surface area contributed by atoms with Crippen molar-refractivity contribution in [1.29, 1.82) is 0 Å². The van der Waals surface area contributed by atoms with Crippen LogP contribution in [0.25, 0.3) is 0 Å². The number of ether oxygens (including phenoxy) is 2. The Morgan fingerprint density at radius 3 is 2.30 bits per heavy atom. The second kappa shape index (κ2) is 7.51. The molecule has 8 heteroatoms. The van der Waals surface area contributed by atoms with Crippen LogP contribution in [-0.2, 0) is 9.47 Å². The van der Waals surface area contributed by atoms with Gasteiger partial charge < -0.3 is 14.6 Å². The highest BCUT2D eigenvalue weighted by atomic mass is 19.4. The summed E-state index contributed by atoms with van der Waals surface area (Å²) in [5.74, 6) is -3.85. The van der Waals surface area contributed by atoms with Crippen molar-refractivity contribution in [3.05, 3.63) is 0 Å². The molecule has 0 saturated carbocycles. The monoisotopic (exact) mass is 306 g/mol. The standard InChI is InChI=1S/C12H19F5O3/c13-11(14,8-12(15,16)17)10(18)7-20-6-3-9-1-4-19-5-2-9/h9-10,18H,1-8H2. The third kappa shape index (κ3) is 6.81. The fourth-order valence-electron chi connectivity index (χ4n) is 1.99. The molecule has 1 aliphatic heterocycles. The van der Waals surface area contributed by atoms with Crippen molar-refractivity contribution >= 4 is 0 Å². The first-order chi connectivity index (χ1) is 9.21. The largest absolute Gasteiger partial charge is 0.394 e. The van der Waals surface area contributed by atoms with E-state index in [2.05, 4.69) is 0 Å². The zero-order valence-corrected chi connectivity index (χ0v) is 11.0. The Hall–Kier alpha value is -0.470. The molecule has 1 rings (SSSR count). The predicted molar refractivity (Wildman–Crippen MR) is 60.6 cm³/mol. The van der Waals surface area contributed by atoms with E-state index in [1.54, 1.807) is 0 Å². The molecule has 0 aromatic rings. The minimum absolute atomic E-state index is 0.143. The lowest BCUT2D eigenvalue weighted by molar-refractivity contribution is -0.221. The van der Waals surface area contributed by atoms with E-state index in [-0.39, 0.29) is 6.61 Å². The molecule has 0 amide bonds. The summed E-state index contributed by atoms with van der Waals surface area (Å²) in [4.78, 5) is 0. The molecule has 0 aliphatic carbocycles. The molecule has 1 aliphatic rings. The van der Waals surface area contributed by atoms with Gasteiger partial charge in [0.1, 0.15) is 12.5 Å². The van der Waals surface area contributed by atoms with Crippen LogP contribution in [0.5, 0.6) is 0 Å². The second-order valence-corrected chi connectivity index (χ2v) is 4.99. The Kier molecular flexibility index (Phi) is 6.60. The molecule has 0 radical (unpaired) electrons. The highest BCUT2D eigenvalue weighted by molar-refractivity contribution is 4.79. The smallest absolute Gasteiger partial charge is 0.384 e. The SMILES string of the molecule is OC(COCCC1CCOCC1)C(F)(F)CC(F)(F)F. The molecule has 120 valence electrons. The third-order valence-corrected chi connectivity index (χ3v) is 3.21. The number of hydrogen-bond donors (Lipinski definition) is 1. The molecule has 1 heterocycles.